The minimum atomic E-state index is -0.358. The Kier molecular flexibility index (Phi) is 3.99. The average molecular weight is 294 g/mol. The van der Waals surface area contributed by atoms with E-state index in [-0.39, 0.29) is 22.8 Å². The summed E-state index contributed by atoms with van der Waals surface area (Å²) in [5.74, 6) is 0.0478. The van der Waals surface area contributed by atoms with Crippen molar-refractivity contribution in [1.82, 2.24) is 19.4 Å². The second kappa shape index (κ2) is 5.70. The number of nitrogens with one attached hydrogen (secondary N) is 1. The molecule has 20 heavy (non-hydrogen) atoms. The third-order valence-corrected chi connectivity index (χ3v) is 2.76. The number of halogens is 1. The Balaban J connectivity index is 2.41. The molecule has 1 amide bonds. The van der Waals surface area contributed by atoms with Crippen molar-refractivity contribution < 1.29 is 4.79 Å². The molecule has 0 atom stereocenters. The number of carbonyl (C=O) groups excluding carboxylic acids is 1. The van der Waals surface area contributed by atoms with E-state index in [0.29, 0.717) is 5.82 Å². The van der Waals surface area contributed by atoms with Crippen molar-refractivity contribution in [2.45, 2.75) is 0 Å². The van der Waals surface area contributed by atoms with Crippen LogP contribution < -0.4 is 10.4 Å². The Hall–Kier alpha value is -2.41. The van der Waals surface area contributed by atoms with E-state index in [9.17, 15) is 9.59 Å². The van der Waals surface area contributed by atoms with Gasteiger partial charge < -0.3 is 4.90 Å². The number of hydrogen-bond donors (Lipinski definition) is 1. The number of aromatic nitrogens is 3. The van der Waals surface area contributed by atoms with Crippen LogP contribution in [0, 0.1) is 0 Å². The molecular formula is C12H12ClN5O2. The Morgan fingerprint density at radius 2 is 2.10 bits per heavy atom. The van der Waals surface area contributed by atoms with Gasteiger partial charge in [0.25, 0.3) is 11.5 Å². The molecule has 0 aromatic carbocycles. The lowest BCUT2D eigenvalue weighted by molar-refractivity contribution is 0.0821. The molecule has 8 heteroatoms. The van der Waals surface area contributed by atoms with Gasteiger partial charge in [-0.1, -0.05) is 0 Å². The SMILES string of the molecule is CN(C)C(=O)c1cnc(-n2cccc(NCl)c2=O)cn1. The Labute approximate surface area is 119 Å². The van der Waals surface area contributed by atoms with Crippen molar-refractivity contribution >= 4 is 23.4 Å². The Bertz CT molecular complexity index is 681. The van der Waals surface area contributed by atoms with Gasteiger partial charge in [0.1, 0.15) is 11.4 Å². The topological polar surface area (TPSA) is 80.1 Å². The zero-order valence-corrected chi connectivity index (χ0v) is 11.6. The van der Waals surface area contributed by atoms with Gasteiger partial charge in [-0.15, -0.1) is 0 Å². The van der Waals surface area contributed by atoms with E-state index in [2.05, 4.69) is 14.8 Å². The molecule has 7 nitrogen and oxygen atoms in total. The van der Waals surface area contributed by atoms with Gasteiger partial charge in [0.15, 0.2) is 5.82 Å². The summed E-state index contributed by atoms with van der Waals surface area (Å²) >= 11 is 5.44. The first kappa shape index (κ1) is 14.0. The minimum Gasteiger partial charge on any atom is -0.343 e. The Morgan fingerprint density at radius 1 is 1.35 bits per heavy atom. The van der Waals surface area contributed by atoms with Crippen LogP contribution in [0.5, 0.6) is 0 Å². The predicted molar refractivity (Wildman–Crippen MR) is 75.1 cm³/mol. The maximum Gasteiger partial charge on any atom is 0.280 e. The number of carbonyl (C=O) groups is 1. The van der Waals surface area contributed by atoms with Crippen LogP contribution >= 0.6 is 11.8 Å². The van der Waals surface area contributed by atoms with Gasteiger partial charge >= 0.3 is 0 Å². The molecule has 0 saturated heterocycles. The van der Waals surface area contributed by atoms with Crippen LogP contribution in [0.2, 0.25) is 0 Å². The highest BCUT2D eigenvalue weighted by Gasteiger charge is 2.11. The molecule has 2 rings (SSSR count). The molecular weight excluding hydrogens is 282 g/mol. The summed E-state index contributed by atoms with van der Waals surface area (Å²) < 4.78 is 1.28. The zero-order chi connectivity index (χ0) is 14.7. The number of rotatable bonds is 3. The van der Waals surface area contributed by atoms with Crippen LogP contribution in [-0.4, -0.2) is 39.4 Å². The van der Waals surface area contributed by atoms with Crippen molar-refractivity contribution in [1.29, 1.82) is 0 Å². The van der Waals surface area contributed by atoms with Gasteiger partial charge in [-0.05, 0) is 12.1 Å². The van der Waals surface area contributed by atoms with Crippen LogP contribution in [0.25, 0.3) is 5.82 Å². The fraction of sp³-hybridized carbons (Fsp3) is 0.167. The van der Waals surface area contributed by atoms with E-state index in [4.69, 9.17) is 11.8 Å². The number of nitrogens with zero attached hydrogens (tertiary/aromatic N) is 4. The molecule has 0 aliphatic rings. The predicted octanol–water partition coefficient (Wildman–Crippen LogP) is 0.895. The van der Waals surface area contributed by atoms with Gasteiger partial charge in [-0.2, -0.15) is 0 Å². The van der Waals surface area contributed by atoms with Gasteiger partial charge in [-0.3, -0.25) is 19.0 Å². The van der Waals surface area contributed by atoms with Crippen molar-refractivity contribution in [2.24, 2.45) is 0 Å². The number of amides is 1. The normalized spacial score (nSPS) is 10.2. The molecule has 0 fully saturated rings. The Morgan fingerprint density at radius 3 is 2.65 bits per heavy atom. The van der Waals surface area contributed by atoms with Crippen molar-refractivity contribution in [3.63, 3.8) is 0 Å². The largest absolute Gasteiger partial charge is 0.343 e. The third kappa shape index (κ3) is 2.62. The van der Waals surface area contributed by atoms with E-state index in [0.717, 1.165) is 0 Å². The summed E-state index contributed by atoms with van der Waals surface area (Å²) in [5.41, 5.74) is 0.0753. The lowest BCUT2D eigenvalue weighted by Crippen LogP contribution is -2.24. The fourth-order valence-corrected chi connectivity index (χ4v) is 1.68. The van der Waals surface area contributed by atoms with Crippen molar-refractivity contribution in [3.8, 4) is 5.82 Å². The summed E-state index contributed by atoms with van der Waals surface area (Å²) in [7, 11) is 3.25. The lowest BCUT2D eigenvalue weighted by atomic mass is 10.4. The highest BCUT2D eigenvalue weighted by atomic mass is 35.5. The zero-order valence-electron chi connectivity index (χ0n) is 10.9. The average Bonchev–Trinajstić information content (AvgIpc) is 2.47. The van der Waals surface area contributed by atoms with E-state index in [1.165, 1.54) is 28.1 Å². The molecule has 0 bridgehead atoms. The quantitative estimate of drug-likeness (QED) is 0.850. The highest BCUT2D eigenvalue weighted by molar-refractivity contribution is 6.23. The van der Waals surface area contributed by atoms with Crippen LogP contribution in [0.3, 0.4) is 0 Å². The van der Waals surface area contributed by atoms with Gasteiger partial charge in [0.05, 0.1) is 12.4 Å². The standard InChI is InChI=1S/C12H12ClN5O2/c1-17(2)11(19)9-6-15-10(7-14-9)18-5-3-4-8(16-13)12(18)20/h3-7,16H,1-2H3. The lowest BCUT2D eigenvalue weighted by Gasteiger charge is -2.10. The first-order chi connectivity index (χ1) is 9.54. The molecule has 2 heterocycles. The summed E-state index contributed by atoms with van der Waals surface area (Å²) in [5, 5.41) is 0. The molecule has 0 aliphatic carbocycles. The van der Waals surface area contributed by atoms with Crippen LogP contribution in [0.1, 0.15) is 10.5 Å². The van der Waals surface area contributed by atoms with E-state index in [1.807, 2.05) is 0 Å². The number of anilines is 1. The molecule has 2 aromatic heterocycles. The molecule has 104 valence electrons. The summed E-state index contributed by atoms with van der Waals surface area (Å²) in [6.45, 7) is 0. The first-order valence-corrected chi connectivity index (χ1v) is 6.04. The van der Waals surface area contributed by atoms with Gasteiger partial charge in [0, 0.05) is 32.1 Å². The maximum atomic E-state index is 12.0. The van der Waals surface area contributed by atoms with Crippen LogP contribution in [0.15, 0.2) is 35.5 Å². The van der Waals surface area contributed by atoms with E-state index >= 15 is 0 Å². The van der Waals surface area contributed by atoms with Crippen molar-refractivity contribution in [2.75, 3.05) is 18.9 Å². The van der Waals surface area contributed by atoms with Crippen molar-refractivity contribution in [3.05, 3.63) is 46.8 Å². The number of hydrogen-bond acceptors (Lipinski definition) is 5. The van der Waals surface area contributed by atoms with Crippen LogP contribution in [0.4, 0.5) is 5.69 Å². The monoisotopic (exact) mass is 293 g/mol. The summed E-state index contributed by atoms with van der Waals surface area (Å²) in [6.07, 6.45) is 4.22. The first-order valence-electron chi connectivity index (χ1n) is 5.67. The second-order valence-corrected chi connectivity index (χ2v) is 4.34. The van der Waals surface area contributed by atoms with Gasteiger partial charge in [0.2, 0.25) is 0 Å². The summed E-state index contributed by atoms with van der Waals surface area (Å²) in [6, 6.07) is 3.19. The maximum absolute atomic E-state index is 12.0. The molecule has 1 N–H and O–H groups in total. The highest BCUT2D eigenvalue weighted by Crippen LogP contribution is 2.05. The minimum absolute atomic E-state index is 0.207. The second-order valence-electron chi connectivity index (χ2n) is 4.15. The third-order valence-electron chi connectivity index (χ3n) is 2.56. The summed E-state index contributed by atoms with van der Waals surface area (Å²) in [4.78, 5) is 35.4. The molecule has 0 unspecified atom stereocenters. The molecule has 0 spiro atoms. The fourth-order valence-electron chi connectivity index (χ4n) is 1.53. The van der Waals surface area contributed by atoms with Gasteiger partial charge in [-0.25, -0.2) is 9.97 Å². The molecule has 0 aliphatic heterocycles. The molecule has 0 radical (unpaired) electrons. The van der Waals surface area contributed by atoms with E-state index in [1.54, 1.807) is 26.2 Å². The smallest absolute Gasteiger partial charge is 0.280 e. The van der Waals surface area contributed by atoms with Crippen LogP contribution in [-0.2, 0) is 0 Å². The molecule has 0 saturated carbocycles. The molecule has 2 aromatic rings. The van der Waals surface area contributed by atoms with E-state index < -0.39 is 0 Å². The number of pyridine rings is 1.